The van der Waals surface area contributed by atoms with Crippen molar-refractivity contribution in [3.63, 3.8) is 0 Å². The van der Waals surface area contributed by atoms with Crippen LogP contribution >= 0.6 is 0 Å². The first-order chi connectivity index (χ1) is 9.91. The molecule has 0 heterocycles. The molecule has 0 aliphatic rings. The minimum atomic E-state index is -0.682. The molecule has 1 N–H and O–H groups in total. The zero-order valence-electron chi connectivity index (χ0n) is 14.5. The number of hydrogen-bond acceptors (Lipinski definition) is 5. The molecule has 0 saturated heterocycles. The van der Waals surface area contributed by atoms with E-state index in [1.165, 1.54) is 0 Å². The number of nitrogens with zero attached hydrogens (tertiary/aromatic N) is 1. The Bertz CT molecular complexity index is 224. The molecule has 0 aliphatic heterocycles. The maximum Gasteiger partial charge on any atom is 0.155 e. The highest BCUT2D eigenvalue weighted by molar-refractivity contribution is 4.54. The van der Waals surface area contributed by atoms with Gasteiger partial charge in [0.25, 0.3) is 0 Å². The molecule has 128 valence electrons. The zero-order chi connectivity index (χ0) is 16.1. The lowest BCUT2D eigenvalue weighted by atomic mass is 10.3. The number of aliphatic hydroxyl groups is 1. The molecule has 0 radical (unpaired) electrons. The summed E-state index contributed by atoms with van der Waals surface area (Å²) < 4.78 is 16.3. The van der Waals surface area contributed by atoms with Crippen molar-refractivity contribution in [2.75, 3.05) is 40.0 Å². The fraction of sp³-hybridized carbons (Fsp3) is 1.00. The molecule has 0 aromatic rings. The molecule has 5 heteroatoms. The van der Waals surface area contributed by atoms with E-state index in [4.69, 9.17) is 14.2 Å². The van der Waals surface area contributed by atoms with Crippen LogP contribution in [0.1, 0.15) is 47.0 Å². The van der Waals surface area contributed by atoms with Crippen LogP contribution in [0, 0.1) is 0 Å². The summed E-state index contributed by atoms with van der Waals surface area (Å²) in [7, 11) is 2.05. The van der Waals surface area contributed by atoms with Crippen LogP contribution in [0.25, 0.3) is 0 Å². The van der Waals surface area contributed by atoms with Crippen molar-refractivity contribution in [2.24, 2.45) is 0 Å². The Kier molecular flexibility index (Phi) is 13.3. The Balaban J connectivity index is 3.40. The van der Waals surface area contributed by atoms with Gasteiger partial charge in [-0.25, -0.2) is 0 Å². The lowest BCUT2D eigenvalue weighted by Gasteiger charge is -2.19. The standard InChI is InChI=1S/C16H35NO4/c1-14(2)19-11-6-9-17(5)10-8-16(18)21-13-7-12-20-15(3)4/h14-16,18H,6-13H2,1-5H3. The van der Waals surface area contributed by atoms with Gasteiger partial charge in [0.2, 0.25) is 0 Å². The Morgan fingerprint density at radius 2 is 1.33 bits per heavy atom. The van der Waals surface area contributed by atoms with Crippen LogP contribution in [0.15, 0.2) is 0 Å². The molecule has 1 unspecified atom stereocenters. The fourth-order valence-electron chi connectivity index (χ4n) is 1.78. The molecule has 0 rings (SSSR count). The second-order valence-electron chi connectivity index (χ2n) is 5.96. The van der Waals surface area contributed by atoms with Gasteiger partial charge in [-0.1, -0.05) is 0 Å². The second kappa shape index (κ2) is 13.5. The van der Waals surface area contributed by atoms with Gasteiger partial charge < -0.3 is 24.2 Å². The molecule has 0 aromatic carbocycles. The van der Waals surface area contributed by atoms with Gasteiger partial charge >= 0.3 is 0 Å². The van der Waals surface area contributed by atoms with Gasteiger partial charge in [-0.05, 0) is 47.6 Å². The predicted octanol–water partition coefficient (Wildman–Crippen LogP) is 2.27. The average Bonchev–Trinajstić information content (AvgIpc) is 2.40. The fourth-order valence-corrected chi connectivity index (χ4v) is 1.78. The van der Waals surface area contributed by atoms with Crippen molar-refractivity contribution in [3.8, 4) is 0 Å². The monoisotopic (exact) mass is 305 g/mol. The van der Waals surface area contributed by atoms with E-state index >= 15 is 0 Å². The quantitative estimate of drug-likeness (QED) is 0.394. The summed E-state index contributed by atoms with van der Waals surface area (Å²) in [4.78, 5) is 2.19. The summed E-state index contributed by atoms with van der Waals surface area (Å²) >= 11 is 0. The Labute approximate surface area is 130 Å². The van der Waals surface area contributed by atoms with E-state index < -0.39 is 6.29 Å². The summed E-state index contributed by atoms with van der Waals surface area (Å²) in [5.74, 6) is 0. The molecular weight excluding hydrogens is 270 g/mol. The highest BCUT2D eigenvalue weighted by atomic mass is 16.6. The minimum Gasteiger partial charge on any atom is -0.379 e. The molecule has 0 aromatic heterocycles. The molecule has 5 nitrogen and oxygen atoms in total. The minimum absolute atomic E-state index is 0.253. The first-order valence-corrected chi connectivity index (χ1v) is 8.13. The van der Waals surface area contributed by atoms with Gasteiger partial charge in [0.05, 0.1) is 18.8 Å². The summed E-state index contributed by atoms with van der Waals surface area (Å²) in [5, 5.41) is 9.74. The van der Waals surface area contributed by atoms with Crippen LogP contribution in [0.2, 0.25) is 0 Å². The Hall–Kier alpha value is -0.200. The first-order valence-electron chi connectivity index (χ1n) is 8.13. The van der Waals surface area contributed by atoms with Gasteiger partial charge in [0.15, 0.2) is 6.29 Å². The SMILES string of the molecule is CC(C)OCCCOC(O)CCN(C)CCCOC(C)C. The highest BCUT2D eigenvalue weighted by Gasteiger charge is 2.06. The molecule has 0 spiro atoms. The van der Waals surface area contributed by atoms with E-state index in [-0.39, 0.29) is 6.10 Å². The molecule has 0 bridgehead atoms. The normalized spacial score (nSPS) is 13.6. The van der Waals surface area contributed by atoms with Crippen molar-refractivity contribution in [1.29, 1.82) is 0 Å². The van der Waals surface area contributed by atoms with Crippen molar-refractivity contribution in [3.05, 3.63) is 0 Å². The van der Waals surface area contributed by atoms with Crippen LogP contribution < -0.4 is 0 Å². The first kappa shape index (κ1) is 20.8. The number of hydrogen-bond donors (Lipinski definition) is 1. The molecule has 0 amide bonds. The maximum atomic E-state index is 9.74. The molecular formula is C16H35NO4. The van der Waals surface area contributed by atoms with Crippen LogP contribution in [-0.4, -0.2) is 68.5 Å². The van der Waals surface area contributed by atoms with Gasteiger partial charge in [-0.3, -0.25) is 0 Å². The Morgan fingerprint density at radius 3 is 1.90 bits per heavy atom. The molecule has 0 aliphatic carbocycles. The van der Waals surface area contributed by atoms with Crippen molar-refractivity contribution in [2.45, 2.75) is 65.5 Å². The summed E-state index contributed by atoms with van der Waals surface area (Å²) in [6, 6.07) is 0. The van der Waals surface area contributed by atoms with Crippen LogP contribution in [0.3, 0.4) is 0 Å². The second-order valence-corrected chi connectivity index (χ2v) is 5.96. The lowest BCUT2D eigenvalue weighted by molar-refractivity contribution is -0.110. The Morgan fingerprint density at radius 1 is 0.810 bits per heavy atom. The zero-order valence-corrected chi connectivity index (χ0v) is 14.5. The third kappa shape index (κ3) is 16.0. The largest absolute Gasteiger partial charge is 0.379 e. The number of ether oxygens (including phenoxy) is 3. The molecule has 1 atom stereocenters. The number of rotatable bonds is 14. The van der Waals surface area contributed by atoms with Crippen LogP contribution in [0.4, 0.5) is 0 Å². The average molecular weight is 305 g/mol. The van der Waals surface area contributed by atoms with E-state index in [0.717, 1.165) is 32.5 Å². The summed E-state index contributed by atoms with van der Waals surface area (Å²) in [6.45, 7) is 11.9. The van der Waals surface area contributed by atoms with E-state index in [2.05, 4.69) is 11.9 Å². The van der Waals surface area contributed by atoms with Gasteiger partial charge in [-0.15, -0.1) is 0 Å². The summed E-state index contributed by atoms with van der Waals surface area (Å²) in [6.07, 6.45) is 2.33. The molecule has 0 saturated carbocycles. The topological polar surface area (TPSA) is 51.2 Å². The van der Waals surface area contributed by atoms with Gasteiger partial charge in [-0.2, -0.15) is 0 Å². The van der Waals surface area contributed by atoms with Crippen LogP contribution in [0.5, 0.6) is 0 Å². The van der Waals surface area contributed by atoms with E-state index in [1.54, 1.807) is 0 Å². The van der Waals surface area contributed by atoms with E-state index in [0.29, 0.717) is 25.7 Å². The van der Waals surface area contributed by atoms with Gasteiger partial charge in [0, 0.05) is 32.7 Å². The maximum absolute atomic E-state index is 9.74. The summed E-state index contributed by atoms with van der Waals surface area (Å²) in [5.41, 5.74) is 0. The predicted molar refractivity (Wildman–Crippen MR) is 85.5 cm³/mol. The van der Waals surface area contributed by atoms with E-state index in [9.17, 15) is 5.11 Å². The lowest BCUT2D eigenvalue weighted by Crippen LogP contribution is -2.26. The number of aliphatic hydroxyl groups excluding tert-OH is 1. The van der Waals surface area contributed by atoms with Crippen molar-refractivity contribution >= 4 is 0 Å². The van der Waals surface area contributed by atoms with Crippen LogP contribution in [-0.2, 0) is 14.2 Å². The molecule has 0 fully saturated rings. The van der Waals surface area contributed by atoms with E-state index in [1.807, 2.05) is 27.7 Å². The van der Waals surface area contributed by atoms with Crippen molar-refractivity contribution in [1.82, 2.24) is 4.90 Å². The smallest absolute Gasteiger partial charge is 0.155 e. The third-order valence-electron chi connectivity index (χ3n) is 2.94. The van der Waals surface area contributed by atoms with Gasteiger partial charge in [0.1, 0.15) is 0 Å². The van der Waals surface area contributed by atoms with Crippen molar-refractivity contribution < 1.29 is 19.3 Å². The highest BCUT2D eigenvalue weighted by Crippen LogP contribution is 2.00. The molecule has 21 heavy (non-hydrogen) atoms. The third-order valence-corrected chi connectivity index (χ3v) is 2.94.